The van der Waals surface area contributed by atoms with E-state index in [0.717, 1.165) is 109 Å². The van der Waals surface area contributed by atoms with Gasteiger partial charge in [0.05, 0.1) is 0 Å². The van der Waals surface area contributed by atoms with Crippen LogP contribution >= 0.6 is 0 Å². The number of hydrogen-bond acceptors (Lipinski definition) is 6. The standard InChI is InChI=1S/C61H100O6/c1-4-7-10-13-16-19-22-25-27-29-31-33-34-36-39-42-45-48-51-54-60(63)66-57-58(56-65-59(62)53-50-47-44-41-38-24-21-18-15-12-9-6-3)67-61(64)55-52-49-46-43-40-37-35-32-30-28-26-23-20-17-14-11-8-5-2/h7,10,16,18-19,21,25,27-28,30-33,35-36,39,45,48,58H,4-6,8-9,11-15,17,20,22-24,26,29,34,37-38,40-44,46-47,49-57H2,1-3H3/b10-7-,19-16-,21-18-,27-25-,30-28-,33-31-,35-32-,39-36-,48-45-. The lowest BCUT2D eigenvalue weighted by atomic mass is 10.1. The van der Waals surface area contributed by atoms with Gasteiger partial charge in [0.2, 0.25) is 0 Å². The van der Waals surface area contributed by atoms with Gasteiger partial charge in [0.1, 0.15) is 13.2 Å². The van der Waals surface area contributed by atoms with Gasteiger partial charge >= 0.3 is 17.9 Å². The maximum absolute atomic E-state index is 12.8. The Morgan fingerprint density at radius 1 is 0.328 bits per heavy atom. The second kappa shape index (κ2) is 54.7. The number of unbranched alkanes of at least 4 members (excludes halogenated alkanes) is 20. The fourth-order valence-electron chi connectivity index (χ4n) is 7.16. The molecule has 0 heterocycles. The van der Waals surface area contributed by atoms with Gasteiger partial charge in [-0.25, -0.2) is 0 Å². The minimum absolute atomic E-state index is 0.114. The first-order valence-corrected chi connectivity index (χ1v) is 27.4. The van der Waals surface area contributed by atoms with Gasteiger partial charge in [-0.1, -0.05) is 220 Å². The molecular formula is C61H100O6. The van der Waals surface area contributed by atoms with Crippen molar-refractivity contribution in [1.82, 2.24) is 0 Å². The average Bonchev–Trinajstić information content (AvgIpc) is 3.33. The molecule has 0 aromatic carbocycles. The molecule has 0 saturated carbocycles. The highest BCUT2D eigenvalue weighted by molar-refractivity contribution is 5.71. The first-order chi connectivity index (χ1) is 33.0. The van der Waals surface area contributed by atoms with Crippen molar-refractivity contribution in [3.8, 4) is 0 Å². The number of rotatable bonds is 48. The van der Waals surface area contributed by atoms with Crippen molar-refractivity contribution in [1.29, 1.82) is 0 Å². The molecule has 380 valence electrons. The highest BCUT2D eigenvalue weighted by atomic mass is 16.6. The van der Waals surface area contributed by atoms with E-state index in [-0.39, 0.29) is 37.5 Å². The van der Waals surface area contributed by atoms with Crippen LogP contribution in [-0.2, 0) is 28.6 Å². The predicted octanol–water partition coefficient (Wildman–Crippen LogP) is 18.3. The van der Waals surface area contributed by atoms with Crippen LogP contribution in [0.4, 0.5) is 0 Å². The van der Waals surface area contributed by atoms with Crippen molar-refractivity contribution in [2.75, 3.05) is 13.2 Å². The summed E-state index contributed by atoms with van der Waals surface area (Å²) in [5.74, 6) is -1.03. The molecule has 0 N–H and O–H groups in total. The van der Waals surface area contributed by atoms with Crippen molar-refractivity contribution in [3.63, 3.8) is 0 Å². The van der Waals surface area contributed by atoms with Gasteiger partial charge in [-0.15, -0.1) is 0 Å². The summed E-state index contributed by atoms with van der Waals surface area (Å²) < 4.78 is 16.7. The number of esters is 3. The van der Waals surface area contributed by atoms with Crippen LogP contribution in [0.5, 0.6) is 0 Å². The number of carbonyl (C=O) groups excluding carboxylic acids is 3. The normalized spacial score (nSPS) is 12.9. The lowest BCUT2D eigenvalue weighted by Gasteiger charge is -2.18. The van der Waals surface area contributed by atoms with Crippen LogP contribution in [0.3, 0.4) is 0 Å². The molecule has 1 unspecified atom stereocenters. The van der Waals surface area contributed by atoms with Crippen LogP contribution in [0.25, 0.3) is 0 Å². The van der Waals surface area contributed by atoms with E-state index in [2.05, 4.69) is 118 Å². The first kappa shape index (κ1) is 63.1. The summed E-state index contributed by atoms with van der Waals surface area (Å²) in [4.78, 5) is 38.0. The third kappa shape index (κ3) is 52.9. The minimum Gasteiger partial charge on any atom is -0.462 e. The highest BCUT2D eigenvalue weighted by Gasteiger charge is 2.19. The maximum Gasteiger partial charge on any atom is 0.306 e. The first-order valence-electron chi connectivity index (χ1n) is 27.4. The summed E-state index contributed by atoms with van der Waals surface area (Å²) in [6, 6.07) is 0. The predicted molar refractivity (Wildman–Crippen MR) is 288 cm³/mol. The van der Waals surface area contributed by atoms with Crippen molar-refractivity contribution >= 4 is 17.9 Å². The van der Waals surface area contributed by atoms with Crippen molar-refractivity contribution in [2.45, 2.75) is 245 Å². The fourth-order valence-corrected chi connectivity index (χ4v) is 7.16. The largest absolute Gasteiger partial charge is 0.462 e. The Morgan fingerprint density at radius 3 is 1.12 bits per heavy atom. The summed E-state index contributed by atoms with van der Waals surface area (Å²) in [5, 5.41) is 0. The van der Waals surface area contributed by atoms with E-state index in [4.69, 9.17) is 14.2 Å². The Labute approximate surface area is 412 Å². The molecule has 0 saturated heterocycles. The van der Waals surface area contributed by atoms with E-state index in [9.17, 15) is 14.4 Å². The van der Waals surface area contributed by atoms with Crippen molar-refractivity contribution < 1.29 is 28.6 Å². The van der Waals surface area contributed by atoms with Crippen LogP contribution in [-0.4, -0.2) is 37.2 Å². The summed E-state index contributed by atoms with van der Waals surface area (Å²) in [6.45, 7) is 6.40. The van der Waals surface area contributed by atoms with Gasteiger partial charge < -0.3 is 14.2 Å². The molecule has 1 atom stereocenters. The second-order valence-corrected chi connectivity index (χ2v) is 17.8. The highest BCUT2D eigenvalue weighted by Crippen LogP contribution is 2.13. The lowest BCUT2D eigenvalue weighted by molar-refractivity contribution is -0.166. The van der Waals surface area contributed by atoms with Gasteiger partial charge in [-0.05, 0) is 109 Å². The zero-order valence-electron chi connectivity index (χ0n) is 43.4. The van der Waals surface area contributed by atoms with E-state index in [0.29, 0.717) is 19.3 Å². The quantitative estimate of drug-likeness (QED) is 0.0199. The summed E-state index contributed by atoms with van der Waals surface area (Å²) in [6.07, 6.45) is 73.7. The molecule has 0 bridgehead atoms. The number of carbonyl (C=O) groups is 3. The fraction of sp³-hybridized carbons (Fsp3) is 0.656. The summed E-state index contributed by atoms with van der Waals surface area (Å²) in [7, 11) is 0. The van der Waals surface area contributed by atoms with Gasteiger partial charge in [-0.2, -0.15) is 0 Å². The summed E-state index contributed by atoms with van der Waals surface area (Å²) >= 11 is 0. The molecule has 0 fully saturated rings. The van der Waals surface area contributed by atoms with Crippen molar-refractivity contribution in [3.05, 3.63) is 109 Å². The number of hydrogen-bond donors (Lipinski definition) is 0. The van der Waals surface area contributed by atoms with Crippen LogP contribution < -0.4 is 0 Å². The molecule has 0 radical (unpaired) electrons. The molecule has 0 spiro atoms. The Bertz CT molecular complexity index is 1390. The third-order valence-corrected chi connectivity index (χ3v) is 11.3. The molecule has 0 aliphatic carbocycles. The molecule has 0 aromatic rings. The molecule has 6 nitrogen and oxygen atoms in total. The molecule has 0 aromatic heterocycles. The molecule has 0 rings (SSSR count). The van der Waals surface area contributed by atoms with E-state index >= 15 is 0 Å². The third-order valence-electron chi connectivity index (χ3n) is 11.3. The van der Waals surface area contributed by atoms with E-state index < -0.39 is 6.10 Å². The number of allylic oxidation sites excluding steroid dienone is 18. The number of ether oxygens (including phenoxy) is 3. The van der Waals surface area contributed by atoms with Crippen LogP contribution in [0.15, 0.2) is 109 Å². The van der Waals surface area contributed by atoms with Crippen LogP contribution in [0, 0.1) is 0 Å². The Morgan fingerprint density at radius 2 is 0.657 bits per heavy atom. The average molecular weight is 929 g/mol. The molecule has 67 heavy (non-hydrogen) atoms. The van der Waals surface area contributed by atoms with Gasteiger partial charge in [0.25, 0.3) is 0 Å². The van der Waals surface area contributed by atoms with Gasteiger partial charge in [0, 0.05) is 19.3 Å². The lowest BCUT2D eigenvalue weighted by Crippen LogP contribution is -2.30. The molecule has 6 heteroatoms. The maximum atomic E-state index is 12.8. The van der Waals surface area contributed by atoms with Crippen LogP contribution in [0.2, 0.25) is 0 Å². The minimum atomic E-state index is -0.822. The SMILES string of the molecule is CC/C=C\C/C=C\C/C=C\C/C=C\C/C=C\C/C=C\CCC(=O)OCC(COC(=O)CCCCCCC/C=C\CCCCC)OC(=O)CCCCCCC/C=C\C=C/CCCCCCCCC. The zero-order chi connectivity index (χ0) is 48.6. The topological polar surface area (TPSA) is 78.9 Å². The van der Waals surface area contributed by atoms with Gasteiger partial charge in [-0.3, -0.25) is 14.4 Å². The van der Waals surface area contributed by atoms with Gasteiger partial charge in [0.15, 0.2) is 6.10 Å². The van der Waals surface area contributed by atoms with E-state index in [1.165, 1.54) is 83.5 Å². The second-order valence-electron chi connectivity index (χ2n) is 17.8. The molecule has 0 aliphatic rings. The Hall–Kier alpha value is -3.93. The smallest absolute Gasteiger partial charge is 0.306 e. The molecule has 0 aliphatic heterocycles. The Kier molecular flexibility index (Phi) is 51.5. The Balaban J connectivity index is 4.53. The zero-order valence-corrected chi connectivity index (χ0v) is 43.4. The monoisotopic (exact) mass is 929 g/mol. The van der Waals surface area contributed by atoms with E-state index in [1.54, 1.807) is 0 Å². The van der Waals surface area contributed by atoms with Crippen LogP contribution in [0.1, 0.15) is 239 Å². The summed E-state index contributed by atoms with van der Waals surface area (Å²) in [5.41, 5.74) is 0. The van der Waals surface area contributed by atoms with E-state index in [1.807, 2.05) is 12.2 Å². The van der Waals surface area contributed by atoms with Crippen molar-refractivity contribution in [2.24, 2.45) is 0 Å². The molecule has 0 amide bonds. The molecular weight excluding hydrogens is 829 g/mol.